The number of halogens is 1. The highest BCUT2D eigenvalue weighted by molar-refractivity contribution is 7.07. The number of hydrogen-bond acceptors (Lipinski definition) is 9. The standard InChI is InChI=1S/C30H23ClN2O7S/c1-3-38-29(36)24-25(17-7-5-4-6-8-17)32-30-33(26(24)18-9-10-20-21(14-18)40-15-39-20)28(35)23(41-30)13-16-11-19(31)27(34)22(12-16)37-2/h4-14,26,34H,3,15H2,1-2H3/t26-/m1/s1. The monoisotopic (exact) mass is 590 g/mol. The van der Waals surface area contributed by atoms with Gasteiger partial charge in [-0.15, -0.1) is 0 Å². The van der Waals surface area contributed by atoms with Gasteiger partial charge >= 0.3 is 5.97 Å². The number of rotatable bonds is 6. The number of aromatic nitrogens is 1. The third kappa shape index (κ3) is 4.75. The Bertz CT molecular complexity index is 1900. The maximum Gasteiger partial charge on any atom is 0.338 e. The van der Waals surface area contributed by atoms with E-state index in [2.05, 4.69) is 0 Å². The number of phenols is 1. The summed E-state index contributed by atoms with van der Waals surface area (Å²) in [7, 11) is 1.41. The third-order valence-corrected chi connectivity index (χ3v) is 7.93. The van der Waals surface area contributed by atoms with Crippen LogP contribution in [0.3, 0.4) is 0 Å². The molecule has 0 fully saturated rings. The van der Waals surface area contributed by atoms with Crippen molar-refractivity contribution in [3.8, 4) is 23.0 Å². The molecule has 208 valence electrons. The first-order valence-electron chi connectivity index (χ1n) is 12.6. The summed E-state index contributed by atoms with van der Waals surface area (Å²) in [5, 5.41) is 10.2. The van der Waals surface area contributed by atoms with E-state index in [4.69, 9.17) is 35.5 Å². The highest BCUT2D eigenvalue weighted by Gasteiger charge is 2.36. The van der Waals surface area contributed by atoms with Crippen molar-refractivity contribution in [3.63, 3.8) is 0 Å². The molecule has 0 aliphatic carbocycles. The fourth-order valence-electron chi connectivity index (χ4n) is 4.82. The summed E-state index contributed by atoms with van der Waals surface area (Å²) >= 11 is 7.37. The van der Waals surface area contributed by atoms with E-state index in [0.29, 0.717) is 43.2 Å². The van der Waals surface area contributed by atoms with Crippen molar-refractivity contribution in [1.29, 1.82) is 0 Å². The molecule has 9 nitrogen and oxygen atoms in total. The van der Waals surface area contributed by atoms with E-state index in [1.165, 1.54) is 29.1 Å². The smallest absolute Gasteiger partial charge is 0.338 e. The van der Waals surface area contributed by atoms with Gasteiger partial charge in [-0.2, -0.15) is 0 Å². The molecule has 0 saturated carbocycles. The average molecular weight is 591 g/mol. The number of fused-ring (bicyclic) bond motifs is 2. The molecule has 0 unspecified atom stereocenters. The van der Waals surface area contributed by atoms with Crippen LogP contribution in [-0.4, -0.2) is 36.2 Å². The zero-order valence-electron chi connectivity index (χ0n) is 21.9. The minimum absolute atomic E-state index is 0.0794. The number of phenolic OH excluding ortho intramolecular Hbond substituents is 1. The minimum atomic E-state index is -0.866. The van der Waals surface area contributed by atoms with Crippen molar-refractivity contribution < 1.29 is 28.8 Å². The quantitative estimate of drug-likeness (QED) is 0.338. The third-order valence-electron chi connectivity index (χ3n) is 6.65. The predicted octanol–water partition coefficient (Wildman–Crippen LogP) is 4.03. The van der Waals surface area contributed by atoms with Crippen LogP contribution in [0.4, 0.5) is 0 Å². The zero-order chi connectivity index (χ0) is 28.7. The summed E-state index contributed by atoms with van der Waals surface area (Å²) in [5.41, 5.74) is 2.15. The van der Waals surface area contributed by atoms with Crippen LogP contribution in [0.2, 0.25) is 5.02 Å². The molecule has 6 rings (SSSR count). The number of nitrogens with zero attached hydrogens (tertiary/aromatic N) is 2. The Balaban J connectivity index is 1.64. The van der Waals surface area contributed by atoms with Gasteiger partial charge in [0.15, 0.2) is 27.8 Å². The zero-order valence-corrected chi connectivity index (χ0v) is 23.5. The van der Waals surface area contributed by atoms with E-state index in [-0.39, 0.29) is 41.1 Å². The van der Waals surface area contributed by atoms with Gasteiger partial charge in [0.1, 0.15) is 0 Å². The second kappa shape index (κ2) is 10.8. The van der Waals surface area contributed by atoms with E-state index in [1.54, 1.807) is 37.3 Å². The van der Waals surface area contributed by atoms with Gasteiger partial charge in [-0.1, -0.05) is 59.3 Å². The summed E-state index contributed by atoms with van der Waals surface area (Å²) in [6.07, 6.45) is 1.64. The average Bonchev–Trinajstić information content (AvgIpc) is 3.58. The van der Waals surface area contributed by atoms with Crippen molar-refractivity contribution in [2.24, 2.45) is 4.99 Å². The van der Waals surface area contributed by atoms with Crippen molar-refractivity contribution in [2.45, 2.75) is 13.0 Å². The van der Waals surface area contributed by atoms with Crippen molar-refractivity contribution in [2.75, 3.05) is 20.5 Å². The van der Waals surface area contributed by atoms with Gasteiger partial charge in [-0.05, 0) is 48.4 Å². The number of aromatic hydroxyl groups is 1. The molecule has 0 amide bonds. The Morgan fingerprint density at radius 1 is 1.17 bits per heavy atom. The number of ether oxygens (including phenoxy) is 4. The van der Waals surface area contributed by atoms with Gasteiger partial charge in [0.2, 0.25) is 6.79 Å². The molecule has 1 aromatic heterocycles. The predicted molar refractivity (Wildman–Crippen MR) is 153 cm³/mol. The highest BCUT2D eigenvalue weighted by Crippen LogP contribution is 2.40. The number of carbonyl (C=O) groups excluding carboxylic acids is 1. The minimum Gasteiger partial charge on any atom is -0.503 e. The molecule has 2 aliphatic rings. The maximum absolute atomic E-state index is 14.0. The Hall–Kier alpha value is -4.54. The Morgan fingerprint density at radius 3 is 2.71 bits per heavy atom. The maximum atomic E-state index is 14.0. The second-order valence-electron chi connectivity index (χ2n) is 9.10. The molecule has 3 aromatic carbocycles. The summed E-state index contributed by atoms with van der Waals surface area (Å²) in [4.78, 5) is 32.9. The number of benzene rings is 3. The van der Waals surface area contributed by atoms with Crippen LogP contribution in [0.25, 0.3) is 11.8 Å². The van der Waals surface area contributed by atoms with E-state index in [0.717, 1.165) is 0 Å². The number of esters is 1. The van der Waals surface area contributed by atoms with Gasteiger partial charge < -0.3 is 24.1 Å². The summed E-state index contributed by atoms with van der Waals surface area (Å²) in [6, 6.07) is 16.9. The molecule has 0 saturated heterocycles. The lowest BCUT2D eigenvalue weighted by atomic mass is 9.93. The summed E-state index contributed by atoms with van der Waals surface area (Å²) in [6.45, 7) is 1.95. The number of methoxy groups -OCH3 is 1. The number of carbonyl (C=O) groups is 1. The van der Waals surface area contributed by atoms with Gasteiger partial charge in [0, 0.05) is 5.56 Å². The fourth-order valence-corrected chi connectivity index (χ4v) is 6.04. The van der Waals surface area contributed by atoms with Gasteiger partial charge in [-0.25, -0.2) is 9.79 Å². The molecule has 0 bridgehead atoms. The molecule has 1 atom stereocenters. The lowest BCUT2D eigenvalue weighted by Gasteiger charge is -2.26. The molecule has 3 heterocycles. The lowest BCUT2D eigenvalue weighted by molar-refractivity contribution is -0.138. The Morgan fingerprint density at radius 2 is 1.95 bits per heavy atom. The Kier molecular flexibility index (Phi) is 7.02. The van der Waals surface area contributed by atoms with E-state index < -0.39 is 12.0 Å². The number of thiazole rings is 1. The van der Waals surface area contributed by atoms with Gasteiger partial charge in [0.05, 0.1) is 40.6 Å². The second-order valence-corrected chi connectivity index (χ2v) is 10.5. The first-order chi connectivity index (χ1) is 19.9. The summed E-state index contributed by atoms with van der Waals surface area (Å²) < 4.78 is 23.7. The van der Waals surface area contributed by atoms with Crippen LogP contribution in [0, 0.1) is 0 Å². The molecular formula is C30H23ClN2O7S. The van der Waals surface area contributed by atoms with Crippen molar-refractivity contribution in [3.05, 3.63) is 108 Å². The van der Waals surface area contributed by atoms with E-state index in [1.807, 2.05) is 30.3 Å². The van der Waals surface area contributed by atoms with Crippen LogP contribution >= 0.6 is 22.9 Å². The number of hydrogen-bond donors (Lipinski definition) is 1. The fraction of sp³-hybridized carbons (Fsp3) is 0.167. The van der Waals surface area contributed by atoms with Crippen molar-refractivity contribution >= 4 is 40.7 Å². The largest absolute Gasteiger partial charge is 0.503 e. The van der Waals surface area contributed by atoms with Crippen molar-refractivity contribution in [1.82, 2.24) is 4.57 Å². The van der Waals surface area contributed by atoms with Gasteiger partial charge in [-0.3, -0.25) is 9.36 Å². The highest BCUT2D eigenvalue weighted by atomic mass is 35.5. The topological polar surface area (TPSA) is 109 Å². The first-order valence-corrected chi connectivity index (χ1v) is 13.8. The van der Waals surface area contributed by atoms with E-state index >= 15 is 0 Å². The molecule has 4 aromatic rings. The van der Waals surface area contributed by atoms with Crippen LogP contribution in [0.1, 0.15) is 29.7 Å². The Labute approximate surface area is 242 Å². The molecule has 41 heavy (non-hydrogen) atoms. The summed E-state index contributed by atoms with van der Waals surface area (Å²) in [5.74, 6) is 0.483. The molecule has 1 N–H and O–H groups in total. The molecule has 2 aliphatic heterocycles. The SMILES string of the molecule is CCOC(=O)C1=C(c2ccccc2)N=c2sc(=Cc3cc(Cl)c(O)c(OC)c3)c(=O)n2[C@@H]1c1ccc2c(c1)OCO2. The molecule has 11 heteroatoms. The lowest BCUT2D eigenvalue weighted by Crippen LogP contribution is -2.40. The van der Waals surface area contributed by atoms with Crippen LogP contribution in [0.5, 0.6) is 23.0 Å². The van der Waals surface area contributed by atoms with E-state index in [9.17, 15) is 14.7 Å². The van der Waals surface area contributed by atoms with Crippen LogP contribution in [0.15, 0.2) is 76.0 Å². The van der Waals surface area contributed by atoms with Crippen LogP contribution in [-0.2, 0) is 9.53 Å². The first kappa shape index (κ1) is 26.7. The molecular weight excluding hydrogens is 568 g/mol. The van der Waals surface area contributed by atoms with Gasteiger partial charge in [0.25, 0.3) is 5.56 Å². The van der Waals surface area contributed by atoms with Crippen LogP contribution < -0.4 is 29.1 Å². The molecule has 0 spiro atoms. The normalized spacial score (nSPS) is 15.9. The molecule has 0 radical (unpaired) electrons.